The van der Waals surface area contributed by atoms with E-state index in [0.29, 0.717) is 5.69 Å². The molecule has 6 nitrogen and oxygen atoms in total. The lowest BCUT2D eigenvalue weighted by atomic mass is 10.3. The average molecular weight is 180 g/mol. The molecule has 2 amide bonds. The lowest BCUT2D eigenvalue weighted by molar-refractivity contribution is -0.384. The largest absolute Gasteiger partial charge is 0.337 e. The van der Waals surface area contributed by atoms with Gasteiger partial charge in [-0.2, -0.15) is 0 Å². The number of nitro groups is 1. The van der Waals surface area contributed by atoms with Gasteiger partial charge in [-0.15, -0.1) is 0 Å². The quantitative estimate of drug-likeness (QED) is 0.550. The summed E-state index contributed by atoms with van der Waals surface area (Å²) in [6.45, 7) is 0. The van der Waals surface area contributed by atoms with Crippen molar-refractivity contribution in [2.75, 3.05) is 5.32 Å². The minimum atomic E-state index is -0.950. The molecule has 67 valence electrons. The Morgan fingerprint density at radius 3 is 2.31 bits per heavy atom. The highest BCUT2D eigenvalue weighted by atomic mass is 16.6. The van der Waals surface area contributed by atoms with Crippen LogP contribution in [0.2, 0.25) is 0 Å². The van der Waals surface area contributed by atoms with Crippen molar-refractivity contribution in [3.05, 3.63) is 34.4 Å². The zero-order chi connectivity index (χ0) is 9.84. The predicted molar refractivity (Wildman–Crippen MR) is 45.2 cm³/mol. The van der Waals surface area contributed by atoms with Gasteiger partial charge in [0, 0.05) is 17.8 Å². The van der Waals surface area contributed by atoms with Crippen LogP contribution in [0.15, 0.2) is 24.3 Å². The molecule has 1 rings (SSSR count). The molecule has 0 saturated heterocycles. The summed E-state index contributed by atoms with van der Waals surface area (Å²) >= 11 is 0. The Hall–Kier alpha value is -2.11. The lowest BCUT2D eigenvalue weighted by Crippen LogP contribution is -2.08. The Balaban J connectivity index is 2.81. The molecule has 0 aromatic heterocycles. The van der Waals surface area contributed by atoms with Gasteiger partial charge in [-0.25, -0.2) is 10.5 Å². The van der Waals surface area contributed by atoms with E-state index in [1.807, 2.05) is 0 Å². The number of non-ortho nitro benzene ring substituents is 1. The fourth-order valence-corrected chi connectivity index (χ4v) is 0.798. The summed E-state index contributed by atoms with van der Waals surface area (Å²) in [5, 5.41) is 12.4. The van der Waals surface area contributed by atoms with Crippen LogP contribution >= 0.6 is 0 Å². The third kappa shape index (κ3) is 2.44. The van der Waals surface area contributed by atoms with E-state index in [2.05, 4.69) is 5.32 Å². The van der Waals surface area contributed by atoms with E-state index in [9.17, 15) is 14.9 Å². The number of nitro benzene ring substituents is 1. The molecule has 2 N–H and O–H groups in total. The first-order chi connectivity index (χ1) is 6.09. The van der Waals surface area contributed by atoms with Crippen LogP contribution in [0.1, 0.15) is 0 Å². The first kappa shape index (κ1) is 8.98. The van der Waals surface area contributed by atoms with E-state index in [1.165, 1.54) is 24.3 Å². The van der Waals surface area contributed by atoms with Crippen molar-refractivity contribution in [3.8, 4) is 0 Å². The number of nitrogens with one attached hydrogen (secondary N) is 2. The standard InChI is InChI=1S/C7H6N3O3/c8-7(11)9-5-1-3-6(4-2-5)10(12)13/h1-4,8H,(H,9,11). The normalized spacial score (nSPS) is 9.23. The number of anilines is 1. The molecule has 6 heteroatoms. The second kappa shape index (κ2) is 3.53. The summed E-state index contributed by atoms with van der Waals surface area (Å²) in [7, 11) is 0. The van der Waals surface area contributed by atoms with E-state index in [1.54, 1.807) is 0 Å². The number of urea groups is 1. The highest BCUT2D eigenvalue weighted by Crippen LogP contribution is 2.14. The van der Waals surface area contributed by atoms with Crippen molar-refractivity contribution in [2.45, 2.75) is 0 Å². The average Bonchev–Trinajstić information content (AvgIpc) is 2.04. The Morgan fingerprint density at radius 2 is 1.92 bits per heavy atom. The lowest BCUT2D eigenvalue weighted by Gasteiger charge is -1.98. The molecular formula is C7H6N3O3. The maximum atomic E-state index is 10.3. The maximum Gasteiger partial charge on any atom is 0.337 e. The number of benzene rings is 1. The minimum Gasteiger partial charge on any atom is -0.307 e. The fraction of sp³-hybridized carbons (Fsp3) is 0. The molecule has 0 aliphatic carbocycles. The van der Waals surface area contributed by atoms with Gasteiger partial charge in [0.25, 0.3) is 5.69 Å². The number of amides is 2. The Morgan fingerprint density at radius 1 is 1.38 bits per heavy atom. The third-order valence-electron chi connectivity index (χ3n) is 1.34. The fourth-order valence-electron chi connectivity index (χ4n) is 0.798. The summed E-state index contributed by atoms with van der Waals surface area (Å²) in [5.41, 5.74) is 6.88. The van der Waals surface area contributed by atoms with Gasteiger partial charge in [-0.3, -0.25) is 10.1 Å². The van der Waals surface area contributed by atoms with E-state index in [-0.39, 0.29) is 5.69 Å². The van der Waals surface area contributed by atoms with Gasteiger partial charge in [-0.1, -0.05) is 0 Å². The Kier molecular flexibility index (Phi) is 2.44. The van der Waals surface area contributed by atoms with E-state index >= 15 is 0 Å². The molecule has 1 aromatic carbocycles. The molecule has 0 heterocycles. The summed E-state index contributed by atoms with van der Waals surface area (Å²) in [6.07, 6.45) is 0. The van der Waals surface area contributed by atoms with Crippen LogP contribution in [-0.4, -0.2) is 11.0 Å². The molecule has 0 aliphatic rings. The number of hydrogen-bond acceptors (Lipinski definition) is 3. The van der Waals surface area contributed by atoms with Gasteiger partial charge in [-0.05, 0) is 12.1 Å². The number of carbonyl (C=O) groups excluding carboxylic acids is 1. The van der Waals surface area contributed by atoms with Crippen LogP contribution in [0.5, 0.6) is 0 Å². The molecule has 13 heavy (non-hydrogen) atoms. The van der Waals surface area contributed by atoms with Crippen molar-refractivity contribution in [2.24, 2.45) is 0 Å². The zero-order valence-corrected chi connectivity index (χ0v) is 6.48. The van der Waals surface area contributed by atoms with Gasteiger partial charge in [0.15, 0.2) is 0 Å². The summed E-state index contributed by atoms with van der Waals surface area (Å²) < 4.78 is 0. The van der Waals surface area contributed by atoms with E-state index in [4.69, 9.17) is 5.73 Å². The first-order valence-corrected chi connectivity index (χ1v) is 3.36. The van der Waals surface area contributed by atoms with Crippen LogP contribution in [0.25, 0.3) is 0 Å². The Labute approximate surface area is 73.5 Å². The Bertz CT molecular complexity index is 333. The summed E-state index contributed by atoms with van der Waals surface area (Å²) in [4.78, 5) is 19.9. The van der Waals surface area contributed by atoms with Crippen molar-refractivity contribution in [1.82, 2.24) is 5.73 Å². The SMILES string of the molecule is [NH]C(=O)Nc1ccc([N+](=O)[O-])cc1. The highest BCUT2D eigenvalue weighted by Gasteiger charge is 2.04. The van der Waals surface area contributed by atoms with Crippen LogP contribution in [0, 0.1) is 10.1 Å². The second-order valence-corrected chi connectivity index (χ2v) is 2.26. The van der Waals surface area contributed by atoms with Gasteiger partial charge >= 0.3 is 6.03 Å². The van der Waals surface area contributed by atoms with Crippen molar-refractivity contribution >= 4 is 17.4 Å². The van der Waals surface area contributed by atoms with Gasteiger partial charge in [0.1, 0.15) is 0 Å². The number of rotatable bonds is 2. The molecule has 1 radical (unpaired) electrons. The molecule has 0 unspecified atom stereocenters. The molecule has 0 fully saturated rings. The van der Waals surface area contributed by atoms with Crippen molar-refractivity contribution in [1.29, 1.82) is 0 Å². The van der Waals surface area contributed by atoms with E-state index in [0.717, 1.165) is 0 Å². The van der Waals surface area contributed by atoms with Gasteiger partial charge < -0.3 is 5.32 Å². The smallest absolute Gasteiger partial charge is 0.307 e. The highest BCUT2D eigenvalue weighted by molar-refractivity contribution is 5.87. The first-order valence-electron chi connectivity index (χ1n) is 3.36. The number of carbonyl (C=O) groups is 1. The topological polar surface area (TPSA) is 96.0 Å². The molecule has 1 aromatic rings. The van der Waals surface area contributed by atoms with Crippen LogP contribution in [0.3, 0.4) is 0 Å². The molecule has 0 aliphatic heterocycles. The molecular weight excluding hydrogens is 174 g/mol. The van der Waals surface area contributed by atoms with Gasteiger partial charge in [0.05, 0.1) is 4.92 Å². The predicted octanol–water partition coefficient (Wildman–Crippen LogP) is 1.41. The minimum absolute atomic E-state index is 0.0528. The zero-order valence-electron chi connectivity index (χ0n) is 6.48. The van der Waals surface area contributed by atoms with Crippen LogP contribution in [-0.2, 0) is 0 Å². The van der Waals surface area contributed by atoms with Crippen molar-refractivity contribution < 1.29 is 9.72 Å². The summed E-state index contributed by atoms with van der Waals surface area (Å²) in [5.74, 6) is 0. The number of hydrogen-bond donors (Lipinski definition) is 1. The molecule has 0 bridgehead atoms. The third-order valence-corrected chi connectivity index (χ3v) is 1.34. The van der Waals surface area contributed by atoms with Crippen LogP contribution in [0.4, 0.5) is 16.2 Å². The van der Waals surface area contributed by atoms with Crippen molar-refractivity contribution in [3.63, 3.8) is 0 Å². The molecule has 0 atom stereocenters. The van der Waals surface area contributed by atoms with Crippen LogP contribution < -0.4 is 11.1 Å². The number of nitrogens with zero attached hydrogens (tertiary/aromatic N) is 1. The summed E-state index contributed by atoms with van der Waals surface area (Å²) in [6, 6.07) is 4.29. The molecule has 0 spiro atoms. The van der Waals surface area contributed by atoms with Gasteiger partial charge in [0.2, 0.25) is 0 Å². The molecule has 0 saturated carbocycles. The van der Waals surface area contributed by atoms with E-state index < -0.39 is 11.0 Å². The second-order valence-electron chi connectivity index (χ2n) is 2.26. The maximum absolute atomic E-state index is 10.3. The monoisotopic (exact) mass is 180 g/mol.